The zero-order valence-electron chi connectivity index (χ0n) is 16.2. The number of nitrogens with zero attached hydrogens (tertiary/aromatic N) is 2. The maximum absolute atomic E-state index is 13.2. The monoisotopic (exact) mass is 415 g/mol. The van der Waals surface area contributed by atoms with Gasteiger partial charge in [-0.15, -0.1) is 0 Å². The third-order valence-electron chi connectivity index (χ3n) is 4.68. The van der Waals surface area contributed by atoms with E-state index in [9.17, 15) is 14.0 Å². The average molecular weight is 415 g/mol. The number of thiocarbonyl (C=S) groups is 1. The van der Waals surface area contributed by atoms with Crippen molar-refractivity contribution >= 4 is 34.8 Å². The molecule has 29 heavy (non-hydrogen) atoms. The standard InChI is InChI=1S/C21H22FN3O3S/c1-3-23-21(29)24(13-14-4-10-17(28-2)11-5-14)18-12-19(26)25(20(18)27)16-8-6-15(22)7-9-16/h4-11,18H,3,12-13H2,1-2H3,(H,23,29). The molecule has 2 aromatic rings. The zero-order chi connectivity index (χ0) is 21.0. The summed E-state index contributed by atoms with van der Waals surface area (Å²) in [6.45, 7) is 2.86. The highest BCUT2D eigenvalue weighted by Crippen LogP contribution is 2.27. The van der Waals surface area contributed by atoms with Gasteiger partial charge in [-0.25, -0.2) is 9.29 Å². The van der Waals surface area contributed by atoms with Crippen LogP contribution in [-0.2, 0) is 16.1 Å². The number of ether oxygens (including phenoxy) is 1. The lowest BCUT2D eigenvalue weighted by Crippen LogP contribution is -2.49. The van der Waals surface area contributed by atoms with Crippen molar-refractivity contribution in [3.8, 4) is 5.75 Å². The summed E-state index contributed by atoms with van der Waals surface area (Å²) in [5.41, 5.74) is 1.27. The molecular weight excluding hydrogens is 393 g/mol. The summed E-state index contributed by atoms with van der Waals surface area (Å²) in [6.07, 6.45) is -0.00208. The first-order valence-corrected chi connectivity index (χ1v) is 9.65. The van der Waals surface area contributed by atoms with Crippen molar-refractivity contribution in [2.75, 3.05) is 18.6 Å². The molecule has 1 aliphatic rings. The highest BCUT2D eigenvalue weighted by atomic mass is 32.1. The lowest BCUT2D eigenvalue weighted by atomic mass is 10.1. The minimum Gasteiger partial charge on any atom is -0.497 e. The van der Waals surface area contributed by atoms with Gasteiger partial charge >= 0.3 is 0 Å². The summed E-state index contributed by atoms with van der Waals surface area (Å²) in [4.78, 5) is 28.5. The van der Waals surface area contributed by atoms with Crippen LogP contribution in [0.5, 0.6) is 5.75 Å². The van der Waals surface area contributed by atoms with E-state index in [2.05, 4.69) is 5.32 Å². The van der Waals surface area contributed by atoms with Gasteiger partial charge in [-0.2, -0.15) is 0 Å². The van der Waals surface area contributed by atoms with E-state index < -0.39 is 11.9 Å². The quantitative estimate of drug-likeness (QED) is 0.578. The van der Waals surface area contributed by atoms with Crippen LogP contribution < -0.4 is 15.0 Å². The molecule has 0 aliphatic carbocycles. The molecule has 1 atom stereocenters. The van der Waals surface area contributed by atoms with Gasteiger partial charge in [-0.05, 0) is 61.1 Å². The number of anilines is 1. The van der Waals surface area contributed by atoms with E-state index >= 15 is 0 Å². The number of amides is 2. The summed E-state index contributed by atoms with van der Waals surface area (Å²) in [6, 6.07) is 12.0. The molecule has 1 saturated heterocycles. The van der Waals surface area contributed by atoms with Gasteiger partial charge in [0.1, 0.15) is 17.6 Å². The van der Waals surface area contributed by atoms with Gasteiger partial charge in [0.05, 0.1) is 19.2 Å². The molecule has 1 N–H and O–H groups in total. The maximum atomic E-state index is 13.2. The molecule has 1 unspecified atom stereocenters. The molecule has 1 aliphatic heterocycles. The minimum atomic E-state index is -0.735. The van der Waals surface area contributed by atoms with Crippen molar-refractivity contribution in [2.24, 2.45) is 0 Å². The van der Waals surface area contributed by atoms with E-state index in [0.717, 1.165) is 16.2 Å². The Morgan fingerprint density at radius 1 is 1.21 bits per heavy atom. The van der Waals surface area contributed by atoms with Gasteiger partial charge < -0.3 is 15.0 Å². The minimum absolute atomic E-state index is 0.00208. The van der Waals surface area contributed by atoms with E-state index in [1.54, 1.807) is 12.0 Å². The number of hydrogen-bond donors (Lipinski definition) is 1. The van der Waals surface area contributed by atoms with E-state index in [1.165, 1.54) is 24.3 Å². The fourth-order valence-electron chi connectivity index (χ4n) is 3.22. The first-order valence-electron chi connectivity index (χ1n) is 9.24. The van der Waals surface area contributed by atoms with Gasteiger partial charge in [0.2, 0.25) is 5.91 Å². The summed E-state index contributed by atoms with van der Waals surface area (Å²) in [5, 5.41) is 3.46. The lowest BCUT2D eigenvalue weighted by molar-refractivity contribution is -0.122. The molecule has 0 bridgehead atoms. The van der Waals surface area contributed by atoms with E-state index in [0.29, 0.717) is 23.9 Å². The smallest absolute Gasteiger partial charge is 0.257 e. The molecule has 0 saturated carbocycles. The van der Waals surface area contributed by atoms with Crippen molar-refractivity contribution in [3.05, 3.63) is 59.9 Å². The Hall–Kier alpha value is -3.00. The highest BCUT2D eigenvalue weighted by molar-refractivity contribution is 7.80. The molecule has 0 radical (unpaired) electrons. The first-order chi connectivity index (χ1) is 13.9. The topological polar surface area (TPSA) is 61.9 Å². The molecule has 1 fully saturated rings. The van der Waals surface area contributed by atoms with Crippen LogP contribution in [0, 0.1) is 5.82 Å². The van der Waals surface area contributed by atoms with Crippen LogP contribution in [0.15, 0.2) is 48.5 Å². The van der Waals surface area contributed by atoms with Gasteiger partial charge in [0.15, 0.2) is 5.11 Å². The lowest BCUT2D eigenvalue weighted by Gasteiger charge is -2.30. The second-order valence-corrected chi connectivity index (χ2v) is 6.96. The molecule has 1 heterocycles. The predicted molar refractivity (Wildman–Crippen MR) is 112 cm³/mol. The van der Waals surface area contributed by atoms with Crippen LogP contribution in [0.25, 0.3) is 0 Å². The fraction of sp³-hybridized carbons (Fsp3) is 0.286. The summed E-state index contributed by atoms with van der Waals surface area (Å²) in [7, 11) is 1.59. The van der Waals surface area contributed by atoms with Crippen molar-refractivity contribution in [1.82, 2.24) is 10.2 Å². The van der Waals surface area contributed by atoms with E-state index in [1.807, 2.05) is 31.2 Å². The zero-order valence-corrected chi connectivity index (χ0v) is 17.0. The molecule has 0 spiro atoms. The number of nitrogens with one attached hydrogen (secondary N) is 1. The summed E-state index contributed by atoms with van der Waals surface area (Å²) >= 11 is 5.48. The van der Waals surface area contributed by atoms with Crippen molar-refractivity contribution in [2.45, 2.75) is 25.9 Å². The molecule has 3 rings (SSSR count). The molecule has 0 aromatic heterocycles. The fourth-order valence-corrected chi connectivity index (χ4v) is 3.56. The van der Waals surface area contributed by atoms with Gasteiger partial charge in [0, 0.05) is 13.1 Å². The Bertz CT molecular complexity index is 902. The number of carbonyl (C=O) groups is 2. The molecule has 152 valence electrons. The number of halogens is 1. The Morgan fingerprint density at radius 2 is 1.86 bits per heavy atom. The van der Waals surface area contributed by atoms with Crippen molar-refractivity contribution < 1.29 is 18.7 Å². The molecule has 8 heteroatoms. The number of carbonyl (C=O) groups excluding carboxylic acids is 2. The largest absolute Gasteiger partial charge is 0.497 e. The van der Waals surface area contributed by atoms with Crippen LogP contribution in [0.4, 0.5) is 10.1 Å². The molecule has 6 nitrogen and oxygen atoms in total. The number of benzene rings is 2. The first kappa shape index (κ1) is 20.7. The van der Waals surface area contributed by atoms with Crippen LogP contribution in [0.1, 0.15) is 18.9 Å². The molecule has 2 amide bonds. The van der Waals surface area contributed by atoms with Crippen LogP contribution in [0.3, 0.4) is 0 Å². The van der Waals surface area contributed by atoms with Crippen LogP contribution in [-0.4, -0.2) is 41.5 Å². The number of imide groups is 1. The van der Waals surface area contributed by atoms with Crippen LogP contribution >= 0.6 is 12.2 Å². The van der Waals surface area contributed by atoms with Gasteiger partial charge in [-0.1, -0.05) is 12.1 Å². The Labute approximate surface area is 174 Å². The third kappa shape index (κ3) is 4.54. The van der Waals surface area contributed by atoms with Crippen LogP contribution in [0.2, 0.25) is 0 Å². The van der Waals surface area contributed by atoms with Crippen molar-refractivity contribution in [3.63, 3.8) is 0 Å². The SMILES string of the molecule is CCNC(=S)N(Cc1ccc(OC)cc1)C1CC(=O)N(c2ccc(F)cc2)C1=O. The Kier molecular flexibility index (Phi) is 6.43. The van der Waals surface area contributed by atoms with Gasteiger partial charge in [-0.3, -0.25) is 9.59 Å². The molecule has 2 aromatic carbocycles. The second kappa shape index (κ2) is 9.00. The van der Waals surface area contributed by atoms with Gasteiger partial charge in [0.25, 0.3) is 5.91 Å². The second-order valence-electron chi connectivity index (χ2n) is 6.58. The van der Waals surface area contributed by atoms with E-state index in [-0.39, 0.29) is 18.2 Å². The number of methoxy groups -OCH3 is 1. The summed E-state index contributed by atoms with van der Waals surface area (Å²) in [5.74, 6) is -0.427. The third-order valence-corrected chi connectivity index (χ3v) is 5.06. The molecular formula is C21H22FN3O3S. The van der Waals surface area contributed by atoms with E-state index in [4.69, 9.17) is 17.0 Å². The Balaban J connectivity index is 1.86. The summed E-state index contributed by atoms with van der Waals surface area (Å²) < 4.78 is 18.4. The predicted octanol–water partition coefficient (Wildman–Crippen LogP) is 2.86. The maximum Gasteiger partial charge on any atom is 0.257 e. The normalized spacial score (nSPS) is 16.1. The number of rotatable bonds is 6. The number of hydrogen-bond acceptors (Lipinski definition) is 4. The van der Waals surface area contributed by atoms with Crippen molar-refractivity contribution in [1.29, 1.82) is 0 Å². The highest BCUT2D eigenvalue weighted by Gasteiger charge is 2.43. The average Bonchev–Trinajstić information content (AvgIpc) is 3.01. The Morgan fingerprint density at radius 3 is 2.45 bits per heavy atom.